The molecule has 2 aliphatic rings. The van der Waals surface area contributed by atoms with Crippen LogP contribution in [-0.4, -0.2) is 33.3 Å². The van der Waals surface area contributed by atoms with Gasteiger partial charge in [-0.15, -0.1) is 0 Å². The first-order valence-electron chi connectivity index (χ1n) is 6.50. The molecule has 0 saturated heterocycles. The summed E-state index contributed by atoms with van der Waals surface area (Å²) in [6, 6.07) is 3.23. The standard InChI is InChI=1S/C13H13N3O4/c14-6-9(13(17)18)12-15-10(19-7-1-2-7)5-11(16-12)20-8-3-4-8/h5,7-9H,1-4H2,(H,17,18). The van der Waals surface area contributed by atoms with Gasteiger partial charge in [0.25, 0.3) is 0 Å². The fourth-order valence-corrected chi connectivity index (χ4v) is 1.61. The fraction of sp³-hybridized carbons (Fsp3) is 0.538. The summed E-state index contributed by atoms with van der Waals surface area (Å²) in [6.45, 7) is 0. The summed E-state index contributed by atoms with van der Waals surface area (Å²) in [7, 11) is 0. The first kappa shape index (κ1) is 12.7. The van der Waals surface area contributed by atoms with Gasteiger partial charge in [0.15, 0.2) is 5.82 Å². The molecule has 1 aromatic heterocycles. The number of carboxylic acids is 1. The van der Waals surface area contributed by atoms with Crippen LogP contribution >= 0.6 is 0 Å². The maximum atomic E-state index is 11.0. The van der Waals surface area contributed by atoms with Crippen molar-refractivity contribution in [2.75, 3.05) is 0 Å². The number of nitrogens with zero attached hydrogens (tertiary/aromatic N) is 3. The molecule has 1 N–H and O–H groups in total. The summed E-state index contributed by atoms with van der Waals surface area (Å²) < 4.78 is 11.1. The molecule has 1 heterocycles. The highest BCUT2D eigenvalue weighted by Gasteiger charge is 2.29. The van der Waals surface area contributed by atoms with Crippen molar-refractivity contribution < 1.29 is 19.4 Å². The quantitative estimate of drug-likeness (QED) is 0.832. The number of rotatable bonds is 6. The van der Waals surface area contributed by atoms with Gasteiger partial charge in [-0.3, -0.25) is 4.79 Å². The third-order valence-electron chi connectivity index (χ3n) is 2.95. The predicted molar refractivity (Wildman–Crippen MR) is 65.3 cm³/mol. The van der Waals surface area contributed by atoms with Gasteiger partial charge in [-0.25, -0.2) is 0 Å². The van der Waals surface area contributed by atoms with E-state index >= 15 is 0 Å². The third-order valence-corrected chi connectivity index (χ3v) is 2.95. The van der Waals surface area contributed by atoms with Crippen LogP contribution in [0.3, 0.4) is 0 Å². The highest BCUT2D eigenvalue weighted by atomic mass is 16.5. The van der Waals surface area contributed by atoms with E-state index in [1.54, 1.807) is 12.1 Å². The van der Waals surface area contributed by atoms with Crippen molar-refractivity contribution in [3.05, 3.63) is 11.9 Å². The van der Waals surface area contributed by atoms with Crippen molar-refractivity contribution >= 4 is 5.97 Å². The van der Waals surface area contributed by atoms with Gasteiger partial charge >= 0.3 is 5.97 Å². The largest absolute Gasteiger partial charge is 0.480 e. The van der Waals surface area contributed by atoms with E-state index in [-0.39, 0.29) is 29.8 Å². The van der Waals surface area contributed by atoms with Gasteiger partial charge in [0.2, 0.25) is 17.7 Å². The lowest BCUT2D eigenvalue weighted by Crippen LogP contribution is -2.15. The molecule has 0 aromatic carbocycles. The van der Waals surface area contributed by atoms with E-state index in [2.05, 4.69) is 9.97 Å². The van der Waals surface area contributed by atoms with Crippen LogP contribution in [0.25, 0.3) is 0 Å². The molecule has 0 bridgehead atoms. The van der Waals surface area contributed by atoms with Gasteiger partial charge in [-0.1, -0.05) is 0 Å². The molecule has 0 spiro atoms. The highest BCUT2D eigenvalue weighted by Crippen LogP contribution is 2.31. The lowest BCUT2D eigenvalue weighted by Gasteiger charge is -2.10. The van der Waals surface area contributed by atoms with Crippen LogP contribution in [0, 0.1) is 11.3 Å². The van der Waals surface area contributed by atoms with Gasteiger partial charge in [0.05, 0.1) is 12.1 Å². The predicted octanol–water partition coefficient (Wildman–Crippen LogP) is 1.25. The van der Waals surface area contributed by atoms with Crippen molar-refractivity contribution in [1.82, 2.24) is 9.97 Å². The molecule has 1 aromatic rings. The average Bonchev–Trinajstić information content (AvgIpc) is 3.26. The van der Waals surface area contributed by atoms with Crippen molar-refractivity contribution in [3.63, 3.8) is 0 Å². The fourth-order valence-electron chi connectivity index (χ4n) is 1.61. The number of carbonyl (C=O) groups is 1. The van der Waals surface area contributed by atoms with Crippen molar-refractivity contribution in [2.24, 2.45) is 0 Å². The van der Waals surface area contributed by atoms with Crippen molar-refractivity contribution in [3.8, 4) is 17.8 Å². The van der Waals surface area contributed by atoms with Gasteiger partial charge < -0.3 is 14.6 Å². The van der Waals surface area contributed by atoms with E-state index in [9.17, 15) is 4.79 Å². The van der Waals surface area contributed by atoms with E-state index in [0.29, 0.717) is 0 Å². The molecule has 2 aliphatic carbocycles. The molecule has 2 saturated carbocycles. The van der Waals surface area contributed by atoms with Gasteiger partial charge in [0, 0.05) is 0 Å². The minimum Gasteiger partial charge on any atom is -0.480 e. The van der Waals surface area contributed by atoms with Crippen LogP contribution in [0.1, 0.15) is 37.4 Å². The van der Waals surface area contributed by atoms with Crippen molar-refractivity contribution in [1.29, 1.82) is 5.26 Å². The second-order valence-corrected chi connectivity index (χ2v) is 4.94. The SMILES string of the molecule is N#CC(C(=O)O)c1nc(OC2CC2)cc(OC2CC2)n1. The Morgan fingerprint density at radius 1 is 1.25 bits per heavy atom. The van der Waals surface area contributed by atoms with Gasteiger partial charge in [-0.05, 0) is 25.7 Å². The Morgan fingerprint density at radius 2 is 1.75 bits per heavy atom. The Balaban J connectivity index is 1.89. The zero-order chi connectivity index (χ0) is 14.1. The number of nitriles is 1. The third kappa shape index (κ3) is 2.96. The number of hydrogen-bond donors (Lipinski definition) is 1. The summed E-state index contributed by atoms with van der Waals surface area (Å²) in [6.07, 6.45) is 4.07. The average molecular weight is 275 g/mol. The lowest BCUT2D eigenvalue weighted by molar-refractivity contribution is -0.137. The van der Waals surface area contributed by atoms with Crippen molar-refractivity contribution in [2.45, 2.75) is 43.8 Å². The molecule has 0 amide bonds. The minimum absolute atomic E-state index is 0.0891. The maximum Gasteiger partial charge on any atom is 0.328 e. The zero-order valence-corrected chi connectivity index (χ0v) is 10.7. The number of carboxylic acid groups (broad SMARTS) is 1. The monoisotopic (exact) mass is 275 g/mol. The summed E-state index contributed by atoms with van der Waals surface area (Å²) in [5.74, 6) is -2.24. The summed E-state index contributed by atoms with van der Waals surface area (Å²) in [5, 5.41) is 17.9. The number of aliphatic carboxylic acids is 1. The van der Waals surface area contributed by atoms with E-state index in [4.69, 9.17) is 19.8 Å². The molecule has 2 fully saturated rings. The highest BCUT2D eigenvalue weighted by molar-refractivity contribution is 5.78. The molecule has 1 unspecified atom stereocenters. The van der Waals surface area contributed by atoms with Gasteiger partial charge in [-0.2, -0.15) is 15.2 Å². The van der Waals surface area contributed by atoms with Crippen LogP contribution in [0.2, 0.25) is 0 Å². The smallest absolute Gasteiger partial charge is 0.328 e. The molecule has 7 nitrogen and oxygen atoms in total. The van der Waals surface area contributed by atoms with E-state index in [1.165, 1.54) is 0 Å². The second-order valence-electron chi connectivity index (χ2n) is 4.94. The van der Waals surface area contributed by atoms with Crippen LogP contribution in [0.4, 0.5) is 0 Å². The Kier molecular flexibility index (Phi) is 3.14. The Bertz CT molecular complexity index is 543. The Labute approximate surface area is 115 Å². The maximum absolute atomic E-state index is 11.0. The van der Waals surface area contributed by atoms with E-state index in [1.807, 2.05) is 0 Å². The van der Waals surface area contributed by atoms with Crippen LogP contribution in [-0.2, 0) is 4.79 Å². The molecule has 3 rings (SSSR count). The molecular formula is C13H13N3O4. The number of ether oxygens (including phenoxy) is 2. The van der Waals surface area contributed by atoms with Gasteiger partial charge in [0.1, 0.15) is 12.2 Å². The normalized spacial score (nSPS) is 18.9. The molecule has 0 aliphatic heterocycles. The second kappa shape index (κ2) is 4.96. The molecule has 20 heavy (non-hydrogen) atoms. The first-order chi connectivity index (χ1) is 9.65. The summed E-state index contributed by atoms with van der Waals surface area (Å²) >= 11 is 0. The van der Waals surface area contributed by atoms with Crippen LogP contribution < -0.4 is 9.47 Å². The van der Waals surface area contributed by atoms with E-state index < -0.39 is 11.9 Å². The molecule has 7 heteroatoms. The topological polar surface area (TPSA) is 105 Å². The number of hydrogen-bond acceptors (Lipinski definition) is 6. The van der Waals surface area contributed by atoms with E-state index in [0.717, 1.165) is 25.7 Å². The lowest BCUT2D eigenvalue weighted by atomic mass is 10.1. The Morgan fingerprint density at radius 3 is 2.10 bits per heavy atom. The summed E-state index contributed by atoms with van der Waals surface area (Å²) in [5.41, 5.74) is 0. The van der Waals surface area contributed by atoms with Crippen LogP contribution in [0.15, 0.2) is 6.07 Å². The molecular weight excluding hydrogens is 262 g/mol. The minimum atomic E-state index is -1.42. The molecule has 104 valence electrons. The Hall–Kier alpha value is -2.36. The molecule has 1 atom stereocenters. The summed E-state index contributed by atoms with van der Waals surface area (Å²) in [4.78, 5) is 19.1. The first-order valence-corrected chi connectivity index (χ1v) is 6.50. The van der Waals surface area contributed by atoms with Crippen LogP contribution in [0.5, 0.6) is 11.8 Å². The zero-order valence-electron chi connectivity index (χ0n) is 10.7. The number of aromatic nitrogens is 2. The molecule has 0 radical (unpaired) electrons.